The second-order valence-corrected chi connectivity index (χ2v) is 9.66. The number of nitrogens with one attached hydrogen (secondary N) is 1. The number of likely N-dealkylation sites (N-methyl/N-ethyl adjacent to an activating group) is 2. The minimum absolute atomic E-state index is 0.107. The number of aromatic nitrogens is 1. The fourth-order valence-electron chi connectivity index (χ4n) is 3.46. The fraction of sp³-hybridized carbons (Fsp3) is 0.476. The minimum Gasteiger partial charge on any atom is -0.497 e. The molecular formula is C21H31N5O3S. The third-order valence-corrected chi connectivity index (χ3v) is 7.30. The van der Waals surface area contributed by atoms with E-state index in [1.165, 1.54) is 10.5 Å². The Morgan fingerprint density at radius 1 is 1.17 bits per heavy atom. The van der Waals surface area contributed by atoms with Gasteiger partial charge < -0.3 is 19.9 Å². The molecule has 0 radical (unpaired) electrons. The third-order valence-electron chi connectivity index (χ3n) is 5.41. The van der Waals surface area contributed by atoms with Crippen molar-refractivity contribution >= 4 is 15.8 Å². The van der Waals surface area contributed by atoms with Gasteiger partial charge in [-0.2, -0.15) is 4.31 Å². The van der Waals surface area contributed by atoms with Gasteiger partial charge in [0.2, 0.25) is 10.0 Å². The first kappa shape index (κ1) is 22.5. The van der Waals surface area contributed by atoms with Crippen molar-refractivity contribution in [1.29, 1.82) is 0 Å². The molecule has 0 saturated carbocycles. The summed E-state index contributed by atoms with van der Waals surface area (Å²) >= 11 is 0. The van der Waals surface area contributed by atoms with E-state index in [2.05, 4.69) is 26.2 Å². The third kappa shape index (κ3) is 5.28. The molecule has 0 spiro atoms. The van der Waals surface area contributed by atoms with E-state index in [-0.39, 0.29) is 10.9 Å². The molecule has 0 amide bonds. The van der Waals surface area contributed by atoms with Gasteiger partial charge >= 0.3 is 0 Å². The van der Waals surface area contributed by atoms with Crippen molar-refractivity contribution < 1.29 is 13.2 Å². The van der Waals surface area contributed by atoms with E-state index in [9.17, 15) is 8.42 Å². The van der Waals surface area contributed by atoms with E-state index in [1.807, 2.05) is 39.3 Å². The number of rotatable bonds is 8. The highest BCUT2D eigenvalue weighted by atomic mass is 32.2. The monoisotopic (exact) mass is 433 g/mol. The van der Waals surface area contributed by atoms with Crippen LogP contribution in [-0.4, -0.2) is 88.5 Å². The molecule has 1 unspecified atom stereocenters. The van der Waals surface area contributed by atoms with Crippen molar-refractivity contribution in [2.45, 2.75) is 10.9 Å². The maximum absolute atomic E-state index is 12.8. The molecule has 1 saturated heterocycles. The van der Waals surface area contributed by atoms with Crippen molar-refractivity contribution in [3.05, 3.63) is 48.2 Å². The van der Waals surface area contributed by atoms with Crippen molar-refractivity contribution in [3.63, 3.8) is 0 Å². The molecule has 1 fully saturated rings. The zero-order valence-corrected chi connectivity index (χ0v) is 18.9. The smallest absolute Gasteiger partial charge is 0.244 e. The van der Waals surface area contributed by atoms with Crippen LogP contribution in [0.25, 0.3) is 0 Å². The maximum Gasteiger partial charge on any atom is 0.244 e. The van der Waals surface area contributed by atoms with Crippen molar-refractivity contribution in [3.8, 4) is 5.75 Å². The van der Waals surface area contributed by atoms with E-state index in [0.29, 0.717) is 25.5 Å². The normalized spacial score (nSPS) is 17.1. The topological polar surface area (TPSA) is 78.0 Å². The van der Waals surface area contributed by atoms with Crippen LogP contribution >= 0.6 is 0 Å². The van der Waals surface area contributed by atoms with Gasteiger partial charge in [-0.1, -0.05) is 12.1 Å². The predicted octanol–water partition coefficient (Wildman–Crippen LogP) is 1.74. The molecule has 2 aromatic rings. The highest BCUT2D eigenvalue weighted by Gasteiger charge is 2.27. The molecule has 9 heteroatoms. The molecule has 1 N–H and O–H groups in total. The van der Waals surface area contributed by atoms with Gasteiger partial charge in [0.05, 0.1) is 13.2 Å². The summed E-state index contributed by atoms with van der Waals surface area (Å²) in [6.45, 7) is 3.11. The largest absolute Gasteiger partial charge is 0.497 e. The van der Waals surface area contributed by atoms with Crippen molar-refractivity contribution in [1.82, 2.24) is 19.1 Å². The van der Waals surface area contributed by atoms with Gasteiger partial charge in [0, 0.05) is 38.9 Å². The molecular weight excluding hydrogens is 402 g/mol. The van der Waals surface area contributed by atoms with Gasteiger partial charge in [-0.15, -0.1) is 0 Å². The Hall–Kier alpha value is -2.20. The average Bonchev–Trinajstić information content (AvgIpc) is 2.74. The summed E-state index contributed by atoms with van der Waals surface area (Å²) in [5, 5.41) is 3.32. The molecule has 30 heavy (non-hydrogen) atoms. The Labute approximate surface area is 179 Å². The number of hydrogen-bond donors (Lipinski definition) is 1. The molecule has 8 nitrogen and oxygen atoms in total. The molecule has 1 atom stereocenters. The van der Waals surface area contributed by atoms with E-state index in [1.54, 1.807) is 19.2 Å². The number of pyridine rings is 1. The number of methoxy groups -OCH3 is 1. The van der Waals surface area contributed by atoms with Crippen LogP contribution in [0.2, 0.25) is 0 Å². The van der Waals surface area contributed by atoms with E-state index in [0.717, 1.165) is 24.4 Å². The van der Waals surface area contributed by atoms with Gasteiger partial charge in [0.1, 0.15) is 16.5 Å². The SMILES string of the molecule is COc1cccc(C(CNc2ccc(S(=O)(=O)N3CCN(C)CC3)cn2)N(C)C)c1. The summed E-state index contributed by atoms with van der Waals surface area (Å²) in [6.07, 6.45) is 1.44. The van der Waals surface area contributed by atoms with E-state index >= 15 is 0 Å². The van der Waals surface area contributed by atoms with Gasteiger partial charge in [-0.3, -0.25) is 0 Å². The molecule has 2 heterocycles. The Morgan fingerprint density at radius 3 is 2.50 bits per heavy atom. The number of nitrogens with zero attached hydrogens (tertiary/aromatic N) is 4. The Kier molecular flexibility index (Phi) is 7.30. The first-order valence-corrected chi connectivity index (χ1v) is 11.4. The number of ether oxygens (including phenoxy) is 1. The van der Waals surface area contributed by atoms with E-state index < -0.39 is 10.0 Å². The second-order valence-electron chi connectivity index (χ2n) is 7.72. The summed E-state index contributed by atoms with van der Waals surface area (Å²) in [4.78, 5) is 8.82. The quantitative estimate of drug-likeness (QED) is 0.679. The molecule has 164 valence electrons. The Balaban J connectivity index is 1.67. The summed E-state index contributed by atoms with van der Waals surface area (Å²) < 4.78 is 32.5. The zero-order chi connectivity index (χ0) is 21.7. The number of hydrogen-bond acceptors (Lipinski definition) is 7. The molecule has 1 aliphatic heterocycles. The first-order chi connectivity index (χ1) is 14.3. The van der Waals surface area contributed by atoms with Crippen LogP contribution in [0.1, 0.15) is 11.6 Å². The molecule has 1 aliphatic rings. The molecule has 0 aliphatic carbocycles. The van der Waals surface area contributed by atoms with Gasteiger partial charge in [0.25, 0.3) is 0 Å². The summed E-state index contributed by atoms with van der Waals surface area (Å²) in [6, 6.07) is 11.4. The minimum atomic E-state index is -3.50. The molecule has 3 rings (SSSR count). The summed E-state index contributed by atoms with van der Waals surface area (Å²) in [5.41, 5.74) is 1.13. The maximum atomic E-state index is 12.8. The van der Waals surface area contributed by atoms with Crippen LogP contribution in [0, 0.1) is 0 Å². The first-order valence-electron chi connectivity index (χ1n) is 10.0. The zero-order valence-electron chi connectivity index (χ0n) is 18.1. The number of anilines is 1. The lowest BCUT2D eigenvalue weighted by atomic mass is 10.1. The van der Waals surface area contributed by atoms with E-state index in [4.69, 9.17) is 4.74 Å². The standard InChI is InChI=1S/C21H31N5O3S/c1-24(2)20(17-6-5-7-18(14-17)29-4)16-23-21-9-8-19(15-22-21)30(27,28)26-12-10-25(3)11-13-26/h5-9,14-15,20H,10-13,16H2,1-4H3,(H,22,23). The van der Waals surface area contributed by atoms with Gasteiger partial charge in [-0.25, -0.2) is 13.4 Å². The van der Waals surface area contributed by atoms with Gasteiger partial charge in [-0.05, 0) is 51.0 Å². The predicted molar refractivity (Wildman–Crippen MR) is 118 cm³/mol. The number of piperazine rings is 1. The van der Waals surface area contributed by atoms with Crippen molar-refractivity contribution in [2.75, 3.05) is 66.3 Å². The van der Waals surface area contributed by atoms with Crippen LogP contribution < -0.4 is 10.1 Å². The molecule has 1 aromatic carbocycles. The summed E-state index contributed by atoms with van der Waals surface area (Å²) in [5.74, 6) is 1.46. The lowest BCUT2D eigenvalue weighted by Crippen LogP contribution is -2.47. The lowest BCUT2D eigenvalue weighted by molar-refractivity contribution is 0.222. The molecule has 0 bridgehead atoms. The average molecular weight is 434 g/mol. The van der Waals surface area contributed by atoms with Crippen LogP contribution in [0.15, 0.2) is 47.5 Å². The van der Waals surface area contributed by atoms with Crippen LogP contribution in [0.5, 0.6) is 5.75 Å². The van der Waals surface area contributed by atoms with Crippen LogP contribution in [0.3, 0.4) is 0 Å². The van der Waals surface area contributed by atoms with Crippen LogP contribution in [0.4, 0.5) is 5.82 Å². The van der Waals surface area contributed by atoms with Crippen LogP contribution in [-0.2, 0) is 10.0 Å². The highest BCUT2D eigenvalue weighted by molar-refractivity contribution is 7.89. The fourth-order valence-corrected chi connectivity index (χ4v) is 4.83. The number of benzene rings is 1. The second kappa shape index (κ2) is 9.74. The van der Waals surface area contributed by atoms with Gasteiger partial charge in [0.15, 0.2) is 0 Å². The van der Waals surface area contributed by atoms with Crippen molar-refractivity contribution in [2.24, 2.45) is 0 Å². The number of sulfonamides is 1. The summed E-state index contributed by atoms with van der Waals surface area (Å²) in [7, 11) is 4.19. The Bertz CT molecular complexity index is 926. The molecule has 1 aromatic heterocycles. The lowest BCUT2D eigenvalue weighted by Gasteiger charge is -2.31. The highest BCUT2D eigenvalue weighted by Crippen LogP contribution is 2.23. The Morgan fingerprint density at radius 2 is 1.90 bits per heavy atom.